The quantitative estimate of drug-likeness (QED) is 0.344. The average Bonchev–Trinajstić information content (AvgIpc) is 2.81. The van der Waals surface area contributed by atoms with Gasteiger partial charge in [0.05, 0.1) is 16.9 Å². The molecule has 2 N–H and O–H groups in total. The number of hydrogen-bond acceptors (Lipinski definition) is 4. The Morgan fingerprint density at radius 1 is 1.00 bits per heavy atom. The Kier molecular flexibility index (Phi) is 6.69. The van der Waals surface area contributed by atoms with Gasteiger partial charge in [-0.2, -0.15) is 0 Å². The van der Waals surface area contributed by atoms with Crippen molar-refractivity contribution in [1.82, 2.24) is 0 Å². The maximum absolute atomic E-state index is 13.6. The first-order valence-corrected chi connectivity index (χ1v) is 14.4. The summed E-state index contributed by atoms with van der Waals surface area (Å²) in [5.41, 5.74) is -1.32. The molecule has 0 aromatic heterocycles. The Hall–Kier alpha value is -2.40. The van der Waals surface area contributed by atoms with Gasteiger partial charge in [-0.15, -0.1) is 0 Å². The number of aliphatic hydroxyl groups is 1. The van der Waals surface area contributed by atoms with Crippen molar-refractivity contribution in [3.63, 3.8) is 0 Å². The van der Waals surface area contributed by atoms with Gasteiger partial charge in [0.1, 0.15) is 5.60 Å². The van der Waals surface area contributed by atoms with Gasteiger partial charge in [-0.05, 0) is 113 Å². The first-order chi connectivity index (χ1) is 17.7. The fourth-order valence-corrected chi connectivity index (χ4v) is 8.40. The Balaban J connectivity index is 1.35. The monoisotopic (exact) mass is 520 g/mol. The molecule has 0 radical (unpaired) electrons. The first kappa shape index (κ1) is 27.2. The minimum Gasteiger partial charge on any atom is -0.481 e. The van der Waals surface area contributed by atoms with Crippen molar-refractivity contribution in [3.05, 3.63) is 48.0 Å². The molecule has 0 spiro atoms. The topological polar surface area (TPSA) is 83.8 Å². The van der Waals surface area contributed by atoms with Crippen LogP contribution in [0.15, 0.2) is 42.5 Å². The lowest BCUT2D eigenvalue weighted by molar-refractivity contribution is -0.233. The Bertz CT molecular complexity index is 1210. The molecule has 38 heavy (non-hydrogen) atoms. The predicted octanol–water partition coefficient (Wildman–Crippen LogP) is 7.10. The zero-order valence-electron chi connectivity index (χ0n) is 23.6. The van der Waals surface area contributed by atoms with Gasteiger partial charge in [-0.3, -0.25) is 9.59 Å². The lowest BCUT2D eigenvalue weighted by Crippen LogP contribution is -2.63. The second-order valence-electron chi connectivity index (χ2n) is 14.2. The van der Waals surface area contributed by atoms with E-state index < -0.39 is 22.6 Å². The third-order valence-corrected chi connectivity index (χ3v) is 10.3. The molecule has 4 atom stereocenters. The van der Waals surface area contributed by atoms with Gasteiger partial charge in [0.15, 0.2) is 0 Å². The smallest absolute Gasteiger partial charge is 0.309 e. The molecule has 0 aliphatic heterocycles. The number of carboxylic acid groups (broad SMARTS) is 1. The molecule has 4 bridgehead atoms. The van der Waals surface area contributed by atoms with Crippen LogP contribution in [0.1, 0.15) is 97.5 Å². The molecule has 4 fully saturated rings. The molecule has 4 unspecified atom stereocenters. The summed E-state index contributed by atoms with van der Waals surface area (Å²) in [5.74, 6) is -0.501. The summed E-state index contributed by atoms with van der Waals surface area (Å²) < 4.78 is 6.35. The number of aliphatic carboxylic acids is 1. The maximum atomic E-state index is 13.6. The summed E-state index contributed by atoms with van der Waals surface area (Å²) in [6.45, 7) is 9.51. The third-order valence-electron chi connectivity index (χ3n) is 10.3. The highest BCUT2D eigenvalue weighted by atomic mass is 16.6. The van der Waals surface area contributed by atoms with Crippen molar-refractivity contribution in [2.24, 2.45) is 28.6 Å². The van der Waals surface area contributed by atoms with E-state index in [1.54, 1.807) is 13.8 Å². The van der Waals surface area contributed by atoms with Crippen LogP contribution in [-0.2, 0) is 14.3 Å². The molecule has 4 aliphatic rings. The Morgan fingerprint density at radius 3 is 2.24 bits per heavy atom. The summed E-state index contributed by atoms with van der Waals surface area (Å²) >= 11 is 0. The average molecular weight is 521 g/mol. The molecule has 5 heteroatoms. The summed E-state index contributed by atoms with van der Waals surface area (Å²) in [6.07, 6.45) is 6.68. The second-order valence-corrected chi connectivity index (χ2v) is 14.2. The summed E-state index contributed by atoms with van der Waals surface area (Å²) in [4.78, 5) is 25.6. The number of benzene rings is 2. The molecule has 0 heterocycles. The van der Waals surface area contributed by atoms with Crippen molar-refractivity contribution < 1.29 is 24.5 Å². The lowest BCUT2D eigenvalue weighted by Gasteiger charge is -2.64. The van der Waals surface area contributed by atoms with E-state index >= 15 is 0 Å². The van der Waals surface area contributed by atoms with Gasteiger partial charge >= 0.3 is 11.9 Å². The SMILES string of the molecule is CC(CC(CC(C)(C)C(=O)O)c1ccc2ccccc2c1)C(=O)OC(C)(C)C12CC3CC(CC(O)(C3)C1)C2. The van der Waals surface area contributed by atoms with Crippen LogP contribution in [0.25, 0.3) is 10.8 Å². The van der Waals surface area contributed by atoms with Crippen LogP contribution in [0.4, 0.5) is 0 Å². The number of hydrogen-bond donors (Lipinski definition) is 2. The van der Waals surface area contributed by atoms with E-state index in [1.165, 1.54) is 6.42 Å². The number of carboxylic acids is 1. The van der Waals surface area contributed by atoms with Crippen LogP contribution >= 0.6 is 0 Å². The summed E-state index contributed by atoms with van der Waals surface area (Å²) in [6, 6.07) is 14.4. The number of rotatable bonds is 9. The molecule has 6 rings (SSSR count). The minimum absolute atomic E-state index is 0.100. The zero-order valence-corrected chi connectivity index (χ0v) is 23.6. The molecule has 4 saturated carbocycles. The highest BCUT2D eigenvalue weighted by Crippen LogP contribution is 2.65. The molecular weight excluding hydrogens is 476 g/mol. The zero-order chi connectivity index (χ0) is 27.5. The predicted molar refractivity (Wildman–Crippen MR) is 149 cm³/mol. The van der Waals surface area contributed by atoms with E-state index in [0.29, 0.717) is 31.1 Å². The second kappa shape index (κ2) is 9.36. The van der Waals surface area contributed by atoms with Gasteiger partial charge in [0, 0.05) is 5.41 Å². The van der Waals surface area contributed by atoms with Crippen molar-refractivity contribution in [3.8, 4) is 0 Å². The normalized spacial score (nSPS) is 30.3. The summed E-state index contributed by atoms with van der Waals surface area (Å²) in [7, 11) is 0. The molecule has 0 amide bonds. The van der Waals surface area contributed by atoms with Crippen molar-refractivity contribution in [2.45, 2.75) is 103 Å². The Morgan fingerprint density at radius 2 is 1.63 bits per heavy atom. The van der Waals surface area contributed by atoms with Crippen LogP contribution in [-0.4, -0.2) is 33.4 Å². The first-order valence-electron chi connectivity index (χ1n) is 14.4. The third kappa shape index (κ3) is 4.99. The molecule has 5 nitrogen and oxygen atoms in total. The minimum atomic E-state index is -0.923. The molecule has 0 saturated heterocycles. The standard InChI is InChI=1S/C33H44O5/c1-21(28(34)38-31(4,5)32-15-22-13-23(16-32)18-33(37,17-22)20-32)12-27(19-30(2,3)29(35)36)26-11-10-24-8-6-7-9-25(24)14-26/h6-11,14,21-23,27,37H,12-13,15-20H2,1-5H3,(H,35,36). The van der Waals surface area contributed by atoms with E-state index in [-0.39, 0.29) is 23.2 Å². The van der Waals surface area contributed by atoms with Crippen LogP contribution in [0.3, 0.4) is 0 Å². The number of carbonyl (C=O) groups excluding carboxylic acids is 1. The van der Waals surface area contributed by atoms with E-state index in [0.717, 1.165) is 42.0 Å². The van der Waals surface area contributed by atoms with Gasteiger partial charge in [-0.1, -0.05) is 49.4 Å². The van der Waals surface area contributed by atoms with Gasteiger partial charge < -0.3 is 14.9 Å². The fraction of sp³-hybridized carbons (Fsp3) is 0.636. The lowest BCUT2D eigenvalue weighted by atomic mass is 9.44. The van der Waals surface area contributed by atoms with Gasteiger partial charge in [0.2, 0.25) is 0 Å². The van der Waals surface area contributed by atoms with Crippen LogP contribution in [0.2, 0.25) is 0 Å². The largest absolute Gasteiger partial charge is 0.481 e. The molecule has 206 valence electrons. The summed E-state index contributed by atoms with van der Waals surface area (Å²) in [5, 5.41) is 23.4. The van der Waals surface area contributed by atoms with Crippen molar-refractivity contribution in [2.75, 3.05) is 0 Å². The molecular formula is C33H44O5. The highest BCUT2D eigenvalue weighted by Gasteiger charge is 2.63. The number of esters is 1. The van der Waals surface area contributed by atoms with Gasteiger partial charge in [-0.25, -0.2) is 0 Å². The molecule has 4 aliphatic carbocycles. The molecule has 2 aromatic rings. The van der Waals surface area contributed by atoms with Crippen molar-refractivity contribution in [1.29, 1.82) is 0 Å². The number of carbonyl (C=O) groups is 2. The Labute approximate surface area is 227 Å². The van der Waals surface area contributed by atoms with E-state index in [2.05, 4.69) is 30.3 Å². The van der Waals surface area contributed by atoms with Crippen LogP contribution < -0.4 is 0 Å². The van der Waals surface area contributed by atoms with E-state index in [9.17, 15) is 19.8 Å². The van der Waals surface area contributed by atoms with E-state index in [4.69, 9.17) is 4.74 Å². The number of ether oxygens (including phenoxy) is 1. The number of fused-ring (bicyclic) bond motifs is 1. The van der Waals surface area contributed by atoms with E-state index in [1.807, 2.05) is 32.9 Å². The molecule has 2 aromatic carbocycles. The highest BCUT2D eigenvalue weighted by molar-refractivity contribution is 5.83. The van der Waals surface area contributed by atoms with Crippen molar-refractivity contribution >= 4 is 22.7 Å². The van der Waals surface area contributed by atoms with Gasteiger partial charge in [0.25, 0.3) is 0 Å². The maximum Gasteiger partial charge on any atom is 0.309 e. The van der Waals surface area contributed by atoms with Crippen LogP contribution in [0, 0.1) is 28.6 Å². The fourth-order valence-electron chi connectivity index (χ4n) is 8.40. The van der Waals surface area contributed by atoms with Crippen LogP contribution in [0.5, 0.6) is 0 Å².